The predicted molar refractivity (Wildman–Crippen MR) is 54.3 cm³/mol. The van der Waals surface area contributed by atoms with Crippen LogP contribution in [0.3, 0.4) is 0 Å². The minimum atomic E-state index is -0.358. The monoisotopic (exact) mass is 191 g/mol. The zero-order valence-corrected chi connectivity index (χ0v) is 7.85. The van der Waals surface area contributed by atoms with Crippen molar-refractivity contribution >= 4 is 11.4 Å². The molecule has 3 N–H and O–H groups in total. The highest BCUT2D eigenvalue weighted by molar-refractivity contribution is 5.61. The number of aliphatic hydroxyl groups excluding tert-OH is 1. The lowest BCUT2D eigenvalue weighted by atomic mass is 9.97. The summed E-state index contributed by atoms with van der Waals surface area (Å²) in [6, 6.07) is 1.66. The van der Waals surface area contributed by atoms with E-state index < -0.39 is 0 Å². The van der Waals surface area contributed by atoms with Crippen molar-refractivity contribution in [3.05, 3.63) is 24.2 Å². The Morgan fingerprint density at radius 3 is 3.07 bits per heavy atom. The van der Waals surface area contributed by atoms with Crippen LogP contribution in [0.4, 0.5) is 5.82 Å². The number of nitrogens with two attached hydrogens (primary N) is 1. The van der Waals surface area contributed by atoms with Crippen molar-refractivity contribution in [3.63, 3.8) is 0 Å². The van der Waals surface area contributed by atoms with Crippen LogP contribution in [0.2, 0.25) is 0 Å². The van der Waals surface area contributed by atoms with Gasteiger partial charge in [0.1, 0.15) is 5.82 Å². The van der Waals surface area contributed by atoms with E-state index in [0.717, 1.165) is 24.8 Å². The third kappa shape index (κ3) is 1.90. The van der Waals surface area contributed by atoms with Crippen molar-refractivity contribution < 1.29 is 5.11 Å². The fourth-order valence-corrected chi connectivity index (χ4v) is 1.61. The Labute approximate surface area is 82.5 Å². The second kappa shape index (κ2) is 3.75. The highest BCUT2D eigenvalue weighted by Gasteiger charge is 2.13. The predicted octanol–water partition coefficient (Wildman–Crippen LogP) is 0.987. The van der Waals surface area contributed by atoms with Crippen molar-refractivity contribution in [2.45, 2.75) is 25.4 Å². The molecule has 1 aromatic rings. The van der Waals surface area contributed by atoms with Gasteiger partial charge in [-0.05, 0) is 37.0 Å². The van der Waals surface area contributed by atoms with Gasteiger partial charge in [-0.3, -0.25) is 0 Å². The second-order valence-corrected chi connectivity index (χ2v) is 3.46. The smallest absolute Gasteiger partial charge is 0.157 e. The number of hydrogen-bond donors (Lipinski definition) is 2. The maximum atomic E-state index is 9.45. The van der Waals surface area contributed by atoms with Crippen molar-refractivity contribution in [2.75, 3.05) is 5.73 Å². The van der Waals surface area contributed by atoms with Crippen LogP contribution < -0.4 is 5.73 Å². The highest BCUT2D eigenvalue weighted by Crippen LogP contribution is 2.24. The number of aromatic nitrogens is 2. The molecule has 1 aliphatic carbocycles. The summed E-state index contributed by atoms with van der Waals surface area (Å²) in [6.07, 6.45) is 5.82. The summed E-state index contributed by atoms with van der Waals surface area (Å²) in [6.45, 7) is 0. The zero-order chi connectivity index (χ0) is 9.97. The number of nitrogen functional groups attached to an aromatic ring is 1. The number of hydrogen-bond acceptors (Lipinski definition) is 4. The molecular formula is C10H13N3O. The lowest BCUT2D eigenvalue weighted by Crippen LogP contribution is -2.10. The highest BCUT2D eigenvalue weighted by atomic mass is 16.3. The van der Waals surface area contributed by atoms with Gasteiger partial charge in [-0.1, -0.05) is 0 Å². The lowest BCUT2D eigenvalue weighted by molar-refractivity contribution is 0.206. The summed E-state index contributed by atoms with van der Waals surface area (Å²) in [5.41, 5.74) is 6.56. The molecule has 0 unspecified atom stereocenters. The Bertz CT molecular complexity index is 362. The van der Waals surface area contributed by atoms with Crippen LogP contribution in [0.25, 0.3) is 5.57 Å². The molecule has 0 aromatic carbocycles. The van der Waals surface area contributed by atoms with E-state index in [0.29, 0.717) is 11.6 Å². The van der Waals surface area contributed by atoms with E-state index in [9.17, 15) is 5.11 Å². The van der Waals surface area contributed by atoms with Gasteiger partial charge in [0.15, 0.2) is 5.82 Å². The standard InChI is InChI=1S/C10H13N3O/c11-9-4-5-12-10(13-9)7-2-1-3-8(14)6-7/h4-6,8,14H,1-3H2,(H2,11,12,13)/t8-/m0/s1. The van der Waals surface area contributed by atoms with Gasteiger partial charge >= 0.3 is 0 Å². The van der Waals surface area contributed by atoms with Gasteiger partial charge in [0.2, 0.25) is 0 Å². The quantitative estimate of drug-likeness (QED) is 0.694. The second-order valence-electron chi connectivity index (χ2n) is 3.46. The normalized spacial score (nSPS) is 21.8. The molecule has 1 aromatic heterocycles. The number of aliphatic hydroxyl groups is 1. The Morgan fingerprint density at radius 2 is 2.36 bits per heavy atom. The molecule has 2 rings (SSSR count). The van der Waals surface area contributed by atoms with Crippen LogP contribution in [-0.4, -0.2) is 21.2 Å². The van der Waals surface area contributed by atoms with E-state index in [1.807, 2.05) is 6.08 Å². The summed E-state index contributed by atoms with van der Waals surface area (Å²) >= 11 is 0. The molecule has 4 nitrogen and oxygen atoms in total. The average molecular weight is 191 g/mol. The minimum absolute atomic E-state index is 0.358. The minimum Gasteiger partial charge on any atom is -0.389 e. The number of rotatable bonds is 1. The SMILES string of the molecule is Nc1ccnc(C2=C[C@@H](O)CCC2)n1. The third-order valence-electron chi connectivity index (χ3n) is 2.30. The molecule has 0 saturated carbocycles. The number of allylic oxidation sites excluding steroid dienone is 1. The van der Waals surface area contributed by atoms with Gasteiger partial charge in [-0.2, -0.15) is 0 Å². The van der Waals surface area contributed by atoms with Crippen LogP contribution in [0, 0.1) is 0 Å². The largest absolute Gasteiger partial charge is 0.389 e. The molecule has 14 heavy (non-hydrogen) atoms. The van der Waals surface area contributed by atoms with Crippen molar-refractivity contribution in [2.24, 2.45) is 0 Å². The summed E-state index contributed by atoms with van der Waals surface area (Å²) in [7, 11) is 0. The molecule has 0 fully saturated rings. The van der Waals surface area contributed by atoms with E-state index in [1.54, 1.807) is 12.3 Å². The Morgan fingerprint density at radius 1 is 1.50 bits per heavy atom. The Kier molecular flexibility index (Phi) is 2.45. The van der Waals surface area contributed by atoms with Gasteiger partial charge in [0, 0.05) is 6.20 Å². The first-order valence-corrected chi connectivity index (χ1v) is 4.73. The molecule has 0 aliphatic heterocycles. The maximum absolute atomic E-state index is 9.45. The molecule has 0 saturated heterocycles. The van der Waals surface area contributed by atoms with E-state index in [2.05, 4.69) is 9.97 Å². The molecule has 1 aliphatic rings. The topological polar surface area (TPSA) is 72.0 Å². The molecule has 0 radical (unpaired) electrons. The van der Waals surface area contributed by atoms with Crippen molar-refractivity contribution in [1.82, 2.24) is 9.97 Å². The molecule has 1 atom stereocenters. The molecular weight excluding hydrogens is 178 g/mol. The molecule has 0 amide bonds. The number of nitrogens with zero attached hydrogens (tertiary/aromatic N) is 2. The molecule has 74 valence electrons. The van der Waals surface area contributed by atoms with Gasteiger partial charge in [0.25, 0.3) is 0 Å². The Hall–Kier alpha value is -1.42. The Balaban J connectivity index is 2.30. The van der Waals surface area contributed by atoms with E-state index in [1.165, 1.54) is 0 Å². The van der Waals surface area contributed by atoms with Crippen LogP contribution in [0.1, 0.15) is 25.1 Å². The lowest BCUT2D eigenvalue weighted by Gasteiger charge is -2.15. The molecule has 1 heterocycles. The van der Waals surface area contributed by atoms with E-state index in [-0.39, 0.29) is 6.10 Å². The van der Waals surface area contributed by atoms with Crippen LogP contribution in [0.5, 0.6) is 0 Å². The first-order valence-electron chi connectivity index (χ1n) is 4.73. The number of anilines is 1. The average Bonchev–Trinajstić information content (AvgIpc) is 2.18. The summed E-state index contributed by atoms with van der Waals surface area (Å²) in [5.74, 6) is 1.11. The van der Waals surface area contributed by atoms with E-state index >= 15 is 0 Å². The van der Waals surface area contributed by atoms with Crippen molar-refractivity contribution in [1.29, 1.82) is 0 Å². The van der Waals surface area contributed by atoms with Gasteiger partial charge in [-0.15, -0.1) is 0 Å². The van der Waals surface area contributed by atoms with Crippen LogP contribution >= 0.6 is 0 Å². The van der Waals surface area contributed by atoms with Crippen LogP contribution in [0.15, 0.2) is 18.3 Å². The fraction of sp³-hybridized carbons (Fsp3) is 0.400. The fourth-order valence-electron chi connectivity index (χ4n) is 1.61. The third-order valence-corrected chi connectivity index (χ3v) is 2.30. The maximum Gasteiger partial charge on any atom is 0.157 e. The first-order chi connectivity index (χ1) is 6.75. The molecule has 0 spiro atoms. The van der Waals surface area contributed by atoms with Crippen molar-refractivity contribution in [3.8, 4) is 0 Å². The molecule has 4 heteroatoms. The van der Waals surface area contributed by atoms with Crippen LogP contribution in [-0.2, 0) is 0 Å². The van der Waals surface area contributed by atoms with E-state index in [4.69, 9.17) is 5.73 Å². The van der Waals surface area contributed by atoms with Gasteiger partial charge in [0.05, 0.1) is 6.10 Å². The summed E-state index contributed by atoms with van der Waals surface area (Å²) in [5, 5.41) is 9.45. The summed E-state index contributed by atoms with van der Waals surface area (Å²) < 4.78 is 0. The molecule has 0 bridgehead atoms. The van der Waals surface area contributed by atoms with Gasteiger partial charge < -0.3 is 10.8 Å². The van der Waals surface area contributed by atoms with Gasteiger partial charge in [-0.25, -0.2) is 9.97 Å². The first kappa shape index (κ1) is 9.15. The summed E-state index contributed by atoms with van der Waals surface area (Å²) in [4.78, 5) is 8.25. The zero-order valence-electron chi connectivity index (χ0n) is 7.85.